The average molecular weight is 732 g/mol. The molecule has 6 aliphatic heterocycles. The normalized spacial score (nSPS) is 15.6. The van der Waals surface area contributed by atoms with E-state index in [4.69, 9.17) is 0 Å². The lowest BCUT2D eigenvalue weighted by Crippen LogP contribution is -2.72. The molecule has 7 aromatic carbocycles. The van der Waals surface area contributed by atoms with Crippen molar-refractivity contribution in [2.24, 2.45) is 0 Å². The number of rotatable bonds is 0. The van der Waals surface area contributed by atoms with Gasteiger partial charge in [0.2, 0.25) is 0 Å². The summed E-state index contributed by atoms with van der Waals surface area (Å²) in [4.78, 5) is 14.9. The Morgan fingerprint density at radius 1 is 0.246 bits per heavy atom. The van der Waals surface area contributed by atoms with Crippen molar-refractivity contribution in [2.45, 2.75) is 0 Å². The molecule has 0 aromatic heterocycles. The molecule has 0 fully saturated rings. The Hall–Kier alpha value is -6.47. The maximum atomic E-state index is 2.57. The standard InChI is InChI=1S/C48H39B3N6/c1-52-31-19-10-7-16-28(31)49-40-34(52)22-13-25-37(40)55(4)46-43(49)47-45(51-30-18-9-12-21-33(30)54(3)35-23-14-26-38(41(35)51)56(47)5)48-44(46)50-29-17-8-11-20-32(29)53(2)36-24-15-27-39(42(36)50)57(48)6/h7-27H,1-6H3. The van der Waals surface area contributed by atoms with Crippen LogP contribution in [0, 0.1) is 0 Å². The van der Waals surface area contributed by atoms with Crippen molar-refractivity contribution in [1.29, 1.82) is 0 Å². The first-order valence-corrected chi connectivity index (χ1v) is 20.2. The molecule has 0 amide bonds. The van der Waals surface area contributed by atoms with Crippen LogP contribution in [0.2, 0.25) is 0 Å². The zero-order chi connectivity index (χ0) is 38.2. The lowest BCUT2D eigenvalue weighted by atomic mass is 9.26. The van der Waals surface area contributed by atoms with Crippen LogP contribution < -0.4 is 78.6 Å². The monoisotopic (exact) mass is 732 g/mol. The lowest BCUT2D eigenvalue weighted by molar-refractivity contribution is 1.15. The second kappa shape index (κ2) is 10.7. The molecule has 6 heterocycles. The van der Waals surface area contributed by atoms with Crippen molar-refractivity contribution in [3.63, 3.8) is 0 Å². The first kappa shape index (κ1) is 31.7. The summed E-state index contributed by atoms with van der Waals surface area (Å²) in [6, 6.07) is 48.3. The summed E-state index contributed by atoms with van der Waals surface area (Å²) in [6.45, 7) is 0.1000. The van der Waals surface area contributed by atoms with Crippen LogP contribution in [0.25, 0.3) is 0 Å². The van der Waals surface area contributed by atoms with E-state index < -0.39 is 0 Å². The summed E-state index contributed by atoms with van der Waals surface area (Å²) in [5.74, 6) is 0. The minimum atomic E-state index is 0.0333. The molecule has 6 aliphatic rings. The van der Waals surface area contributed by atoms with Gasteiger partial charge in [0.15, 0.2) is 0 Å². The van der Waals surface area contributed by atoms with Crippen molar-refractivity contribution < 1.29 is 0 Å². The third-order valence-corrected chi connectivity index (χ3v) is 14.4. The molecule has 0 saturated carbocycles. The van der Waals surface area contributed by atoms with Gasteiger partial charge in [0.1, 0.15) is 0 Å². The molecule has 0 radical (unpaired) electrons. The minimum absolute atomic E-state index is 0.0333. The highest BCUT2D eigenvalue weighted by Gasteiger charge is 2.54. The quantitative estimate of drug-likeness (QED) is 0.220. The SMILES string of the molecule is CN1c2ccccc2B2c3c1cccc3N(C)c1c3c(c4c(c12)N(C)c1cccc2c1B4c1ccccc1N2C)N(C)c1cccc2c1B3c1ccccc1N2C. The molecule has 9 heteroatoms. The first-order chi connectivity index (χ1) is 27.9. The van der Waals surface area contributed by atoms with Gasteiger partial charge in [-0.25, -0.2) is 0 Å². The Morgan fingerprint density at radius 2 is 0.474 bits per heavy atom. The largest absolute Gasteiger partial charge is 0.346 e. The molecule has 57 heavy (non-hydrogen) atoms. The predicted octanol–water partition coefficient (Wildman–Crippen LogP) is 3.72. The summed E-state index contributed by atoms with van der Waals surface area (Å²) in [5.41, 5.74) is 28.0. The van der Waals surface area contributed by atoms with E-state index >= 15 is 0 Å². The lowest BCUT2D eigenvalue weighted by Gasteiger charge is -2.52. The van der Waals surface area contributed by atoms with Crippen molar-refractivity contribution in [2.75, 3.05) is 71.7 Å². The second-order valence-electron chi connectivity index (χ2n) is 16.7. The van der Waals surface area contributed by atoms with Gasteiger partial charge in [-0.3, -0.25) is 0 Å². The van der Waals surface area contributed by atoms with Crippen molar-refractivity contribution >= 4 is 138 Å². The smallest absolute Gasteiger partial charge is 0.254 e. The average Bonchev–Trinajstić information content (AvgIpc) is 3.25. The third kappa shape index (κ3) is 3.59. The Kier molecular flexibility index (Phi) is 5.94. The fraction of sp³-hybridized carbons (Fsp3) is 0.125. The van der Waals surface area contributed by atoms with E-state index in [9.17, 15) is 0 Å². The number of benzene rings is 7. The second-order valence-corrected chi connectivity index (χ2v) is 16.7. The van der Waals surface area contributed by atoms with E-state index in [1.807, 2.05) is 0 Å². The number of anilines is 12. The van der Waals surface area contributed by atoms with Crippen molar-refractivity contribution in [3.8, 4) is 0 Å². The Balaban J connectivity index is 1.27. The summed E-state index contributed by atoms with van der Waals surface area (Å²) >= 11 is 0. The van der Waals surface area contributed by atoms with Crippen LogP contribution in [0.1, 0.15) is 0 Å². The number of hydrogen-bond acceptors (Lipinski definition) is 6. The van der Waals surface area contributed by atoms with Crippen LogP contribution in [0.3, 0.4) is 0 Å². The van der Waals surface area contributed by atoms with Crippen LogP contribution >= 0.6 is 0 Å². The van der Waals surface area contributed by atoms with Gasteiger partial charge in [0, 0.05) is 111 Å². The minimum Gasteiger partial charge on any atom is -0.346 e. The third-order valence-electron chi connectivity index (χ3n) is 14.4. The molecule has 0 aliphatic carbocycles. The molecule has 0 bridgehead atoms. The van der Waals surface area contributed by atoms with Crippen molar-refractivity contribution in [3.05, 3.63) is 127 Å². The van der Waals surface area contributed by atoms with E-state index in [0.29, 0.717) is 0 Å². The molecule has 13 rings (SSSR count). The molecule has 0 unspecified atom stereocenters. The Bertz CT molecular complexity index is 2640. The first-order valence-electron chi connectivity index (χ1n) is 20.2. The molecular formula is C48H39B3N6. The van der Waals surface area contributed by atoms with E-state index in [2.05, 4.69) is 199 Å². The van der Waals surface area contributed by atoms with Crippen LogP contribution in [-0.2, 0) is 0 Å². The van der Waals surface area contributed by atoms with Crippen LogP contribution in [0.4, 0.5) is 68.2 Å². The zero-order valence-corrected chi connectivity index (χ0v) is 33.0. The van der Waals surface area contributed by atoms with Crippen LogP contribution in [0.15, 0.2) is 127 Å². The Labute approximate surface area is 335 Å². The highest BCUT2D eigenvalue weighted by atomic mass is 15.2. The molecule has 0 spiro atoms. The number of fused-ring (bicyclic) bond motifs is 15. The highest BCUT2D eigenvalue weighted by molar-refractivity contribution is 7.08. The molecule has 270 valence electrons. The molecular weight excluding hydrogens is 693 g/mol. The van der Waals surface area contributed by atoms with Crippen molar-refractivity contribution in [1.82, 2.24) is 0 Å². The molecule has 6 nitrogen and oxygen atoms in total. The summed E-state index contributed by atoms with van der Waals surface area (Å²) in [5, 5.41) is 0. The van der Waals surface area contributed by atoms with Gasteiger partial charge >= 0.3 is 0 Å². The van der Waals surface area contributed by atoms with E-state index in [1.54, 1.807) is 0 Å². The molecule has 0 atom stereocenters. The molecule has 7 aromatic rings. The van der Waals surface area contributed by atoms with E-state index in [1.165, 1.54) is 117 Å². The predicted molar refractivity (Wildman–Crippen MR) is 247 cm³/mol. The zero-order valence-electron chi connectivity index (χ0n) is 33.0. The van der Waals surface area contributed by atoms with E-state index in [0.717, 1.165) is 0 Å². The van der Waals surface area contributed by atoms with Gasteiger partial charge in [0.05, 0.1) is 0 Å². The maximum absolute atomic E-state index is 2.57. The van der Waals surface area contributed by atoms with Crippen LogP contribution in [-0.4, -0.2) is 62.4 Å². The fourth-order valence-electron chi connectivity index (χ4n) is 12.2. The van der Waals surface area contributed by atoms with Gasteiger partial charge in [-0.15, -0.1) is 0 Å². The van der Waals surface area contributed by atoms with Crippen LogP contribution in [0.5, 0.6) is 0 Å². The molecule has 0 saturated heterocycles. The van der Waals surface area contributed by atoms with Gasteiger partial charge in [-0.05, 0) is 104 Å². The summed E-state index contributed by atoms with van der Waals surface area (Å²) < 4.78 is 0. The maximum Gasteiger partial charge on any atom is 0.254 e. The van der Waals surface area contributed by atoms with Gasteiger partial charge in [-0.1, -0.05) is 72.8 Å². The highest BCUT2D eigenvalue weighted by Crippen LogP contribution is 2.45. The van der Waals surface area contributed by atoms with Gasteiger partial charge < -0.3 is 29.4 Å². The summed E-state index contributed by atoms with van der Waals surface area (Å²) in [6.07, 6.45) is 0. The Morgan fingerprint density at radius 3 is 0.754 bits per heavy atom. The number of hydrogen-bond donors (Lipinski definition) is 0. The number of nitrogens with zero attached hydrogens (tertiary/aromatic N) is 6. The number of para-hydroxylation sites is 3. The molecule has 0 N–H and O–H groups in total. The topological polar surface area (TPSA) is 19.4 Å². The summed E-state index contributed by atoms with van der Waals surface area (Å²) in [7, 11) is 13.7. The van der Waals surface area contributed by atoms with Gasteiger partial charge in [-0.2, -0.15) is 0 Å². The van der Waals surface area contributed by atoms with E-state index in [-0.39, 0.29) is 20.1 Å². The van der Waals surface area contributed by atoms with Gasteiger partial charge in [0.25, 0.3) is 20.1 Å². The fourth-order valence-corrected chi connectivity index (χ4v) is 12.2.